The molecule has 1 atom stereocenters. The fourth-order valence-electron chi connectivity index (χ4n) is 2.87. The molecule has 3 rings (SSSR count). The average molecular weight is 343 g/mol. The number of carbonyl (C=O) groups excluding carboxylic acids is 1. The number of halogens is 1. The van der Waals surface area contributed by atoms with Crippen LogP contribution in [0.1, 0.15) is 24.0 Å². The minimum Gasteiger partial charge on any atom is -0.437 e. The zero-order valence-electron chi connectivity index (χ0n) is 14.3. The number of ether oxygens (including phenoxy) is 1. The molecule has 0 bridgehead atoms. The molecule has 2 aromatic rings. The Hall–Kier alpha value is -2.47. The number of pyridine rings is 1. The first-order valence-corrected chi connectivity index (χ1v) is 8.35. The molecule has 3 N–H and O–H groups in total. The molecule has 25 heavy (non-hydrogen) atoms. The Kier molecular flexibility index (Phi) is 4.99. The fourth-order valence-corrected chi connectivity index (χ4v) is 2.87. The number of alkyl halides is 1. The normalized spacial score (nSPS) is 20.5. The van der Waals surface area contributed by atoms with E-state index >= 15 is 0 Å². The zero-order valence-corrected chi connectivity index (χ0v) is 14.3. The molecule has 1 aromatic heterocycles. The highest BCUT2D eigenvalue weighted by Crippen LogP contribution is 2.33. The second-order valence-corrected chi connectivity index (χ2v) is 6.54. The molecule has 0 saturated heterocycles. The van der Waals surface area contributed by atoms with Gasteiger partial charge in [0.25, 0.3) is 5.91 Å². The highest BCUT2D eigenvalue weighted by Gasteiger charge is 2.37. The maximum atomic E-state index is 14.2. The summed E-state index contributed by atoms with van der Waals surface area (Å²) >= 11 is 0. The van der Waals surface area contributed by atoms with E-state index in [0.29, 0.717) is 24.3 Å². The first-order chi connectivity index (χ1) is 12.0. The van der Waals surface area contributed by atoms with Crippen LogP contribution in [-0.4, -0.2) is 23.1 Å². The van der Waals surface area contributed by atoms with Crippen molar-refractivity contribution < 1.29 is 13.9 Å². The van der Waals surface area contributed by atoms with Crippen LogP contribution in [0.15, 0.2) is 36.5 Å². The van der Waals surface area contributed by atoms with E-state index in [-0.39, 0.29) is 17.8 Å². The van der Waals surface area contributed by atoms with E-state index < -0.39 is 12.1 Å². The fraction of sp³-hybridized carbons (Fsp3) is 0.368. The minimum absolute atomic E-state index is 0.00219. The van der Waals surface area contributed by atoms with Crippen molar-refractivity contribution in [2.45, 2.75) is 38.9 Å². The summed E-state index contributed by atoms with van der Waals surface area (Å²) in [5.41, 5.74) is 8.09. The lowest BCUT2D eigenvalue weighted by Gasteiger charge is -2.34. The zero-order chi connectivity index (χ0) is 18.0. The van der Waals surface area contributed by atoms with E-state index in [0.717, 1.165) is 11.1 Å². The quantitative estimate of drug-likeness (QED) is 0.871. The number of anilines is 1. The summed E-state index contributed by atoms with van der Waals surface area (Å²) in [6, 6.07) is 9.01. The van der Waals surface area contributed by atoms with Crippen molar-refractivity contribution >= 4 is 11.6 Å². The second-order valence-electron chi connectivity index (χ2n) is 6.54. The Morgan fingerprint density at radius 1 is 1.32 bits per heavy atom. The third kappa shape index (κ3) is 3.79. The molecule has 0 spiro atoms. The van der Waals surface area contributed by atoms with Gasteiger partial charge in [-0.05, 0) is 56.0 Å². The number of rotatable bonds is 5. The Balaban J connectivity index is 1.74. The van der Waals surface area contributed by atoms with E-state index in [1.807, 2.05) is 32.0 Å². The molecule has 1 aliphatic carbocycles. The van der Waals surface area contributed by atoms with Crippen LogP contribution in [0.4, 0.5) is 10.1 Å². The summed E-state index contributed by atoms with van der Waals surface area (Å²) < 4.78 is 20.1. The molecule has 5 nitrogen and oxygen atoms in total. The number of benzene rings is 1. The Morgan fingerprint density at radius 2 is 2.08 bits per heavy atom. The lowest BCUT2D eigenvalue weighted by atomic mass is 9.77. The Morgan fingerprint density at radius 3 is 2.80 bits per heavy atom. The largest absolute Gasteiger partial charge is 0.437 e. The van der Waals surface area contributed by atoms with Crippen LogP contribution in [0.2, 0.25) is 0 Å². The van der Waals surface area contributed by atoms with Crippen molar-refractivity contribution in [2.75, 3.05) is 5.32 Å². The van der Waals surface area contributed by atoms with Crippen molar-refractivity contribution in [3.05, 3.63) is 47.7 Å². The molecule has 1 unspecified atom stereocenters. The van der Waals surface area contributed by atoms with E-state index in [2.05, 4.69) is 10.3 Å². The number of nitrogens with zero attached hydrogens (tertiary/aromatic N) is 1. The van der Waals surface area contributed by atoms with Gasteiger partial charge in [0, 0.05) is 18.2 Å². The van der Waals surface area contributed by atoms with Gasteiger partial charge in [-0.3, -0.25) is 4.79 Å². The van der Waals surface area contributed by atoms with Crippen molar-refractivity contribution in [3.63, 3.8) is 0 Å². The van der Waals surface area contributed by atoms with Gasteiger partial charge in [-0.15, -0.1) is 0 Å². The highest BCUT2D eigenvalue weighted by molar-refractivity contribution is 5.95. The molecule has 1 amide bonds. The van der Waals surface area contributed by atoms with Gasteiger partial charge in [-0.2, -0.15) is 0 Å². The van der Waals surface area contributed by atoms with Crippen LogP contribution in [0, 0.1) is 19.8 Å². The van der Waals surface area contributed by atoms with E-state index in [1.165, 1.54) is 0 Å². The summed E-state index contributed by atoms with van der Waals surface area (Å²) in [5.74, 6) is -0.108. The number of amides is 1. The van der Waals surface area contributed by atoms with Crippen molar-refractivity contribution in [1.82, 2.24) is 4.98 Å². The summed E-state index contributed by atoms with van der Waals surface area (Å²) in [5, 5.41) is 2.59. The first kappa shape index (κ1) is 17.4. The topological polar surface area (TPSA) is 77.2 Å². The van der Waals surface area contributed by atoms with Crippen molar-refractivity contribution in [2.24, 2.45) is 11.7 Å². The van der Waals surface area contributed by atoms with Gasteiger partial charge in [0.2, 0.25) is 5.88 Å². The molecule has 1 heterocycles. The Bertz CT molecular complexity index is 775. The third-order valence-electron chi connectivity index (χ3n) is 4.67. The average Bonchev–Trinajstić information content (AvgIpc) is 2.57. The van der Waals surface area contributed by atoms with Gasteiger partial charge in [-0.1, -0.05) is 12.1 Å². The monoisotopic (exact) mass is 343 g/mol. The van der Waals surface area contributed by atoms with Crippen LogP contribution in [0.5, 0.6) is 11.6 Å². The molecular formula is C19H22FN3O2. The molecule has 1 aliphatic rings. The lowest BCUT2D eigenvalue weighted by molar-refractivity contribution is -0.124. The number of hydrogen-bond acceptors (Lipinski definition) is 4. The molecule has 1 saturated carbocycles. The molecule has 1 fully saturated rings. The number of carbonyl (C=O) groups is 1. The summed E-state index contributed by atoms with van der Waals surface area (Å²) in [7, 11) is 0. The summed E-state index contributed by atoms with van der Waals surface area (Å²) in [6.45, 7) is 3.93. The first-order valence-electron chi connectivity index (χ1n) is 8.35. The standard InChI is InChI=1S/C19H22FN3O2/c1-11-5-3-7-16(12(11)2)25-19-15(6-4-8-22-19)23-18(24)17(20)13-9-14(21)10-13/h3-8,13-14,17H,9-10,21H2,1-2H3,(H,23,24). The van der Waals surface area contributed by atoms with Crippen LogP contribution in [-0.2, 0) is 4.79 Å². The Labute approximate surface area is 146 Å². The summed E-state index contributed by atoms with van der Waals surface area (Å²) in [4.78, 5) is 16.3. The number of nitrogens with one attached hydrogen (secondary N) is 1. The van der Waals surface area contributed by atoms with Crippen LogP contribution < -0.4 is 15.8 Å². The van der Waals surface area contributed by atoms with Gasteiger partial charge in [-0.25, -0.2) is 9.37 Å². The lowest BCUT2D eigenvalue weighted by Crippen LogP contribution is -2.45. The minimum atomic E-state index is -1.58. The van der Waals surface area contributed by atoms with E-state index in [1.54, 1.807) is 18.3 Å². The van der Waals surface area contributed by atoms with Crippen molar-refractivity contribution in [3.8, 4) is 11.6 Å². The molecule has 0 radical (unpaired) electrons. The third-order valence-corrected chi connectivity index (χ3v) is 4.67. The van der Waals surface area contributed by atoms with E-state index in [9.17, 15) is 9.18 Å². The molecule has 0 aliphatic heterocycles. The molecule has 6 heteroatoms. The number of aromatic nitrogens is 1. The van der Waals surface area contributed by atoms with Gasteiger partial charge in [0.15, 0.2) is 6.17 Å². The van der Waals surface area contributed by atoms with Gasteiger partial charge in [0.05, 0.1) is 0 Å². The SMILES string of the molecule is Cc1cccc(Oc2ncccc2NC(=O)C(F)C2CC(N)C2)c1C. The molecule has 132 valence electrons. The molecule has 1 aromatic carbocycles. The predicted molar refractivity (Wildman–Crippen MR) is 94.5 cm³/mol. The van der Waals surface area contributed by atoms with Gasteiger partial charge >= 0.3 is 0 Å². The number of hydrogen-bond donors (Lipinski definition) is 2. The maximum Gasteiger partial charge on any atom is 0.259 e. The second kappa shape index (κ2) is 7.19. The van der Waals surface area contributed by atoms with Crippen LogP contribution >= 0.6 is 0 Å². The number of nitrogens with two attached hydrogens (primary N) is 1. The highest BCUT2D eigenvalue weighted by atomic mass is 19.1. The molecular weight excluding hydrogens is 321 g/mol. The van der Waals surface area contributed by atoms with Crippen LogP contribution in [0.25, 0.3) is 0 Å². The smallest absolute Gasteiger partial charge is 0.259 e. The maximum absolute atomic E-state index is 14.2. The van der Waals surface area contributed by atoms with Gasteiger partial charge in [0.1, 0.15) is 11.4 Å². The predicted octanol–water partition coefficient (Wildman–Crippen LogP) is 3.50. The number of aryl methyl sites for hydroxylation is 1. The van der Waals surface area contributed by atoms with Crippen LogP contribution in [0.3, 0.4) is 0 Å². The van der Waals surface area contributed by atoms with Gasteiger partial charge < -0.3 is 15.8 Å². The summed E-state index contributed by atoms with van der Waals surface area (Å²) in [6.07, 6.45) is 1.06. The van der Waals surface area contributed by atoms with Crippen molar-refractivity contribution in [1.29, 1.82) is 0 Å². The van der Waals surface area contributed by atoms with E-state index in [4.69, 9.17) is 10.5 Å².